The zero-order chi connectivity index (χ0) is 19.9. The molecule has 0 amide bonds. The Morgan fingerprint density at radius 2 is 1.89 bits per heavy atom. The lowest BCUT2D eigenvalue weighted by molar-refractivity contribution is -0.127. The molecule has 2 rings (SSSR count). The molecule has 2 aromatic rings. The highest BCUT2D eigenvalue weighted by atomic mass is 19.1. The Morgan fingerprint density at radius 1 is 1.19 bits per heavy atom. The Bertz CT molecular complexity index is 717. The maximum Gasteiger partial charge on any atom is 0.152 e. The minimum Gasteiger partial charge on any atom is -0.385 e. The maximum absolute atomic E-state index is 13.1. The summed E-state index contributed by atoms with van der Waals surface area (Å²) in [5, 5.41) is 0. The van der Waals surface area contributed by atoms with Crippen LogP contribution in [0, 0.1) is 11.2 Å². The summed E-state index contributed by atoms with van der Waals surface area (Å²) >= 11 is 0. The number of ether oxygens (including phenoxy) is 1. The lowest BCUT2D eigenvalue weighted by atomic mass is 9.90. The molecule has 0 unspecified atom stereocenters. The van der Waals surface area contributed by atoms with E-state index in [0.717, 1.165) is 24.2 Å². The van der Waals surface area contributed by atoms with E-state index >= 15 is 0 Å². The number of hydrogen-bond donors (Lipinski definition) is 0. The number of aromatic nitrogens is 1. The molecule has 0 aliphatic carbocycles. The van der Waals surface area contributed by atoms with Crippen LogP contribution in [0.4, 0.5) is 4.39 Å². The molecular weight excluding hydrogens is 343 g/mol. The molecule has 0 spiro atoms. The summed E-state index contributed by atoms with van der Waals surface area (Å²) in [6.07, 6.45) is 2.91. The van der Waals surface area contributed by atoms with Crippen LogP contribution in [-0.4, -0.2) is 42.1 Å². The van der Waals surface area contributed by atoms with Crippen LogP contribution in [0.2, 0.25) is 0 Å². The molecule has 1 heterocycles. The quantitative estimate of drug-likeness (QED) is 0.587. The summed E-state index contributed by atoms with van der Waals surface area (Å²) in [7, 11) is 1.69. The molecule has 0 aliphatic rings. The third-order valence-corrected chi connectivity index (χ3v) is 4.60. The van der Waals surface area contributed by atoms with E-state index < -0.39 is 0 Å². The van der Waals surface area contributed by atoms with Crippen molar-refractivity contribution < 1.29 is 13.9 Å². The first-order valence-electron chi connectivity index (χ1n) is 9.42. The second-order valence-corrected chi connectivity index (χ2v) is 7.98. The summed E-state index contributed by atoms with van der Waals surface area (Å²) < 4.78 is 20.4. The number of halogens is 1. The number of nitrogens with zero attached hydrogens (tertiary/aromatic N) is 2. The van der Waals surface area contributed by atoms with Gasteiger partial charge in [0.15, 0.2) is 5.78 Å². The van der Waals surface area contributed by atoms with Gasteiger partial charge >= 0.3 is 0 Å². The van der Waals surface area contributed by atoms with E-state index in [1.807, 2.05) is 33.0 Å². The summed E-state index contributed by atoms with van der Waals surface area (Å²) in [6, 6.07) is 10.7. The van der Waals surface area contributed by atoms with E-state index in [9.17, 15) is 9.18 Å². The molecule has 0 aliphatic heterocycles. The number of carbonyl (C=O) groups excluding carboxylic acids is 1. The maximum atomic E-state index is 13.1. The molecule has 4 nitrogen and oxygen atoms in total. The Hall–Kier alpha value is -1.98. The van der Waals surface area contributed by atoms with Crippen molar-refractivity contribution in [1.82, 2.24) is 9.47 Å². The summed E-state index contributed by atoms with van der Waals surface area (Å²) in [5.41, 5.74) is 1.83. The zero-order valence-corrected chi connectivity index (χ0v) is 16.9. The molecule has 0 fully saturated rings. The van der Waals surface area contributed by atoms with Gasteiger partial charge in [0.25, 0.3) is 0 Å². The van der Waals surface area contributed by atoms with E-state index in [-0.39, 0.29) is 17.0 Å². The Balaban J connectivity index is 2.08. The van der Waals surface area contributed by atoms with Crippen LogP contribution >= 0.6 is 0 Å². The van der Waals surface area contributed by atoms with Crippen molar-refractivity contribution in [2.24, 2.45) is 5.41 Å². The second-order valence-electron chi connectivity index (χ2n) is 7.98. The van der Waals surface area contributed by atoms with Crippen molar-refractivity contribution in [3.8, 4) is 0 Å². The molecule has 27 heavy (non-hydrogen) atoms. The third kappa shape index (κ3) is 6.92. The fraction of sp³-hybridized carbons (Fsp3) is 0.500. The zero-order valence-electron chi connectivity index (χ0n) is 16.9. The van der Waals surface area contributed by atoms with Gasteiger partial charge in [-0.3, -0.25) is 9.69 Å². The molecule has 0 N–H and O–H groups in total. The molecule has 0 saturated heterocycles. The highest BCUT2D eigenvalue weighted by molar-refractivity contribution is 5.85. The molecule has 5 heteroatoms. The lowest BCUT2D eigenvalue weighted by Crippen LogP contribution is -2.36. The predicted molar refractivity (Wildman–Crippen MR) is 106 cm³/mol. The lowest BCUT2D eigenvalue weighted by Gasteiger charge is -2.26. The van der Waals surface area contributed by atoms with Gasteiger partial charge in [0.05, 0.1) is 6.54 Å². The monoisotopic (exact) mass is 374 g/mol. The molecule has 0 radical (unpaired) electrons. The topological polar surface area (TPSA) is 34.5 Å². The van der Waals surface area contributed by atoms with Crippen molar-refractivity contribution in [2.45, 2.75) is 40.3 Å². The van der Waals surface area contributed by atoms with Crippen molar-refractivity contribution in [3.63, 3.8) is 0 Å². The Morgan fingerprint density at radius 3 is 2.52 bits per heavy atom. The van der Waals surface area contributed by atoms with Gasteiger partial charge in [0.2, 0.25) is 0 Å². The number of Topliss-reactive ketones (excluding diaryl/α,β-unsaturated/α-hetero) is 1. The molecule has 0 saturated carbocycles. The predicted octanol–water partition coefficient (Wildman–Crippen LogP) is 4.13. The molecule has 0 atom stereocenters. The van der Waals surface area contributed by atoms with Gasteiger partial charge in [0, 0.05) is 50.7 Å². The average molecular weight is 375 g/mol. The van der Waals surface area contributed by atoms with Crippen LogP contribution < -0.4 is 0 Å². The van der Waals surface area contributed by atoms with Gasteiger partial charge < -0.3 is 9.30 Å². The smallest absolute Gasteiger partial charge is 0.152 e. The van der Waals surface area contributed by atoms with E-state index in [0.29, 0.717) is 26.2 Å². The average Bonchev–Trinajstić information content (AvgIpc) is 3.03. The minimum absolute atomic E-state index is 0.225. The number of carbonyl (C=O) groups is 1. The second kappa shape index (κ2) is 9.81. The largest absolute Gasteiger partial charge is 0.385 e. The fourth-order valence-corrected chi connectivity index (χ4v) is 2.85. The van der Waals surface area contributed by atoms with Crippen molar-refractivity contribution in [2.75, 3.05) is 26.8 Å². The number of benzene rings is 1. The van der Waals surface area contributed by atoms with Crippen LogP contribution in [0.1, 0.15) is 38.4 Å². The van der Waals surface area contributed by atoms with Gasteiger partial charge in [-0.2, -0.15) is 0 Å². The number of methoxy groups -OCH3 is 1. The Kier molecular flexibility index (Phi) is 7.75. The first-order valence-corrected chi connectivity index (χ1v) is 9.42. The van der Waals surface area contributed by atoms with Gasteiger partial charge in [-0.15, -0.1) is 0 Å². The standard InChI is InChI=1S/C22H31FN2O2/c1-22(2,3)21(26)17-24(12-6-14-27-4)16-20-7-5-13-25(20)15-18-8-10-19(23)11-9-18/h5,7-11,13H,6,12,14-17H2,1-4H3. The fourth-order valence-electron chi connectivity index (χ4n) is 2.85. The number of ketones is 1. The number of hydrogen-bond acceptors (Lipinski definition) is 3. The SMILES string of the molecule is COCCCN(CC(=O)C(C)(C)C)Cc1cccn1Cc1ccc(F)cc1. The van der Waals surface area contributed by atoms with Gasteiger partial charge in [-0.25, -0.2) is 4.39 Å². The minimum atomic E-state index is -0.352. The molecule has 0 bridgehead atoms. The molecule has 1 aromatic heterocycles. The van der Waals surface area contributed by atoms with Crippen LogP contribution in [0.3, 0.4) is 0 Å². The van der Waals surface area contributed by atoms with Crippen molar-refractivity contribution in [1.29, 1.82) is 0 Å². The molecule has 148 valence electrons. The van der Waals surface area contributed by atoms with Crippen LogP contribution in [0.15, 0.2) is 42.6 Å². The summed E-state index contributed by atoms with van der Waals surface area (Å²) in [4.78, 5) is 14.7. The van der Waals surface area contributed by atoms with Gasteiger partial charge in [-0.05, 0) is 36.2 Å². The molecule has 1 aromatic carbocycles. The van der Waals surface area contributed by atoms with E-state index in [2.05, 4.69) is 15.5 Å². The Labute approximate surface area is 161 Å². The summed E-state index contributed by atoms with van der Waals surface area (Å²) in [5.74, 6) is 0.00745. The van der Waals surface area contributed by atoms with E-state index in [4.69, 9.17) is 4.74 Å². The first-order chi connectivity index (χ1) is 12.8. The summed E-state index contributed by atoms with van der Waals surface area (Å²) in [6.45, 7) is 9.16. The van der Waals surface area contributed by atoms with Gasteiger partial charge in [-0.1, -0.05) is 32.9 Å². The van der Waals surface area contributed by atoms with E-state index in [1.54, 1.807) is 19.2 Å². The normalized spacial score (nSPS) is 11.9. The van der Waals surface area contributed by atoms with Crippen molar-refractivity contribution >= 4 is 5.78 Å². The van der Waals surface area contributed by atoms with Gasteiger partial charge in [0.1, 0.15) is 5.82 Å². The highest BCUT2D eigenvalue weighted by Gasteiger charge is 2.23. The molecular formula is C22H31FN2O2. The highest BCUT2D eigenvalue weighted by Crippen LogP contribution is 2.17. The van der Waals surface area contributed by atoms with Crippen LogP contribution in [0.5, 0.6) is 0 Å². The number of rotatable bonds is 10. The van der Waals surface area contributed by atoms with E-state index in [1.165, 1.54) is 12.1 Å². The first kappa shape index (κ1) is 21.3. The van der Waals surface area contributed by atoms with Crippen LogP contribution in [0.25, 0.3) is 0 Å². The van der Waals surface area contributed by atoms with Crippen LogP contribution in [-0.2, 0) is 22.6 Å². The third-order valence-electron chi connectivity index (χ3n) is 4.60. The van der Waals surface area contributed by atoms with Crippen molar-refractivity contribution in [3.05, 3.63) is 59.7 Å².